The Labute approximate surface area is 140 Å². The molecule has 0 saturated heterocycles. The summed E-state index contributed by atoms with van der Waals surface area (Å²) in [6.45, 7) is 5.55. The molecule has 0 spiro atoms. The van der Waals surface area contributed by atoms with Gasteiger partial charge in [0.1, 0.15) is 29.4 Å². The summed E-state index contributed by atoms with van der Waals surface area (Å²) in [6, 6.07) is 5.87. The molecule has 1 aromatic carbocycles. The third kappa shape index (κ3) is 4.57. The second-order valence-corrected chi connectivity index (χ2v) is 6.34. The molecule has 1 N–H and O–H groups in total. The van der Waals surface area contributed by atoms with Gasteiger partial charge in [0.15, 0.2) is 0 Å². The summed E-state index contributed by atoms with van der Waals surface area (Å²) >= 11 is 0. The minimum atomic E-state index is -0.739. The minimum Gasteiger partial charge on any atom is -0.511 e. The van der Waals surface area contributed by atoms with Crippen LogP contribution in [0.3, 0.4) is 0 Å². The molecule has 130 valence electrons. The number of halogens is 1. The summed E-state index contributed by atoms with van der Waals surface area (Å²) in [5, 5.41) is 14.2. The lowest BCUT2D eigenvalue weighted by molar-refractivity contribution is -0.153. The molecule has 0 aliphatic carbocycles. The van der Waals surface area contributed by atoms with Crippen LogP contribution in [0.2, 0.25) is 0 Å². The van der Waals surface area contributed by atoms with Gasteiger partial charge in [-0.05, 0) is 38.0 Å². The van der Waals surface area contributed by atoms with Crippen LogP contribution < -0.4 is 0 Å². The van der Waals surface area contributed by atoms with Crippen molar-refractivity contribution in [2.45, 2.75) is 52.2 Å². The number of esters is 1. The van der Waals surface area contributed by atoms with Crippen molar-refractivity contribution in [2.24, 2.45) is 5.16 Å². The van der Waals surface area contributed by atoms with E-state index in [0.29, 0.717) is 12.1 Å². The van der Waals surface area contributed by atoms with Crippen LogP contribution in [0.4, 0.5) is 4.39 Å². The summed E-state index contributed by atoms with van der Waals surface area (Å²) in [4.78, 5) is 17.5. The highest BCUT2D eigenvalue weighted by molar-refractivity contribution is 6.20. The lowest BCUT2D eigenvalue weighted by Crippen LogP contribution is -2.36. The molecule has 0 amide bonds. The average molecular weight is 335 g/mol. The Morgan fingerprint density at radius 1 is 1.38 bits per heavy atom. The van der Waals surface area contributed by atoms with Crippen LogP contribution >= 0.6 is 0 Å². The molecular formula is C18H22FNO4. The molecule has 0 aromatic heterocycles. The summed E-state index contributed by atoms with van der Waals surface area (Å²) in [5.74, 6) is -0.952. The predicted molar refractivity (Wildman–Crippen MR) is 88.0 cm³/mol. The van der Waals surface area contributed by atoms with Gasteiger partial charge in [-0.25, -0.2) is 9.18 Å². The van der Waals surface area contributed by atoms with Crippen LogP contribution in [0.25, 0.3) is 0 Å². The Hall–Kier alpha value is -2.37. The van der Waals surface area contributed by atoms with Crippen molar-refractivity contribution < 1.29 is 23.9 Å². The van der Waals surface area contributed by atoms with E-state index >= 15 is 0 Å². The van der Waals surface area contributed by atoms with Crippen molar-refractivity contribution in [2.75, 3.05) is 0 Å². The fourth-order valence-electron chi connectivity index (χ4n) is 2.45. The molecule has 0 atom stereocenters. The van der Waals surface area contributed by atoms with E-state index in [1.54, 1.807) is 26.0 Å². The first kappa shape index (κ1) is 18.0. The average Bonchev–Trinajstić information content (AvgIpc) is 2.47. The Balaban J connectivity index is 2.16. The number of nitrogens with zero attached hydrogens (tertiary/aromatic N) is 1. The summed E-state index contributed by atoms with van der Waals surface area (Å²) in [6.07, 6.45) is 1.43. The molecule has 24 heavy (non-hydrogen) atoms. The summed E-state index contributed by atoms with van der Waals surface area (Å²) in [7, 11) is 0. The third-order valence-corrected chi connectivity index (χ3v) is 3.55. The van der Waals surface area contributed by atoms with E-state index in [2.05, 4.69) is 5.16 Å². The maximum atomic E-state index is 12.9. The number of benzene rings is 1. The molecule has 1 heterocycles. The SMILES string of the molecule is CCC/C(=N\OCc1ccc(F)cc1)C1=C(O)CC(C)(C)OC1=O. The zero-order valence-electron chi connectivity index (χ0n) is 14.1. The second kappa shape index (κ2) is 7.47. The van der Waals surface area contributed by atoms with E-state index in [1.807, 2.05) is 6.92 Å². The first-order valence-corrected chi connectivity index (χ1v) is 7.91. The second-order valence-electron chi connectivity index (χ2n) is 6.34. The smallest absolute Gasteiger partial charge is 0.344 e. The zero-order valence-corrected chi connectivity index (χ0v) is 14.1. The highest BCUT2D eigenvalue weighted by Gasteiger charge is 2.36. The van der Waals surface area contributed by atoms with Gasteiger partial charge in [0, 0.05) is 6.42 Å². The number of cyclic esters (lactones) is 1. The first-order valence-electron chi connectivity index (χ1n) is 7.91. The predicted octanol–water partition coefficient (Wildman–Crippen LogP) is 4.04. The molecule has 1 aliphatic heterocycles. The fraction of sp³-hybridized carbons (Fsp3) is 0.444. The van der Waals surface area contributed by atoms with Crippen LogP contribution in [0.5, 0.6) is 0 Å². The van der Waals surface area contributed by atoms with Crippen molar-refractivity contribution >= 4 is 11.7 Å². The molecule has 1 aliphatic rings. The van der Waals surface area contributed by atoms with Crippen molar-refractivity contribution in [3.63, 3.8) is 0 Å². The van der Waals surface area contributed by atoms with Crippen molar-refractivity contribution in [3.05, 3.63) is 47.0 Å². The Kier molecular flexibility index (Phi) is 5.59. The Bertz CT molecular complexity index is 662. The number of hydrogen-bond acceptors (Lipinski definition) is 5. The Morgan fingerprint density at radius 3 is 2.62 bits per heavy atom. The first-order chi connectivity index (χ1) is 11.3. The quantitative estimate of drug-likeness (QED) is 0.484. The highest BCUT2D eigenvalue weighted by Crippen LogP contribution is 2.29. The molecule has 5 nitrogen and oxygen atoms in total. The van der Waals surface area contributed by atoms with Crippen LogP contribution in [0.15, 0.2) is 40.8 Å². The van der Waals surface area contributed by atoms with Gasteiger partial charge in [0.05, 0.1) is 5.71 Å². The number of carbonyl (C=O) groups excluding carboxylic acids is 1. The third-order valence-electron chi connectivity index (χ3n) is 3.55. The van der Waals surface area contributed by atoms with E-state index in [0.717, 1.165) is 12.0 Å². The van der Waals surface area contributed by atoms with Crippen LogP contribution in [0, 0.1) is 5.82 Å². The zero-order chi connectivity index (χ0) is 17.7. The molecule has 0 fully saturated rings. The van der Waals surface area contributed by atoms with Gasteiger partial charge in [-0.2, -0.15) is 0 Å². The normalized spacial score (nSPS) is 17.7. The van der Waals surface area contributed by atoms with Crippen molar-refractivity contribution in [1.29, 1.82) is 0 Å². The van der Waals surface area contributed by atoms with Crippen LogP contribution in [-0.4, -0.2) is 22.4 Å². The van der Waals surface area contributed by atoms with Crippen LogP contribution in [-0.2, 0) is 21.0 Å². The molecule has 1 aromatic rings. The van der Waals surface area contributed by atoms with E-state index in [1.165, 1.54) is 12.1 Å². The molecule has 0 radical (unpaired) electrons. The van der Waals surface area contributed by atoms with E-state index in [9.17, 15) is 14.3 Å². The maximum absolute atomic E-state index is 12.9. The number of rotatable bonds is 6. The molecule has 6 heteroatoms. The van der Waals surface area contributed by atoms with Gasteiger partial charge in [-0.3, -0.25) is 0 Å². The number of hydrogen-bond donors (Lipinski definition) is 1. The number of carbonyl (C=O) groups is 1. The van der Waals surface area contributed by atoms with Gasteiger partial charge < -0.3 is 14.7 Å². The van der Waals surface area contributed by atoms with Crippen molar-refractivity contribution in [3.8, 4) is 0 Å². The van der Waals surface area contributed by atoms with Crippen LogP contribution in [0.1, 0.15) is 45.6 Å². The van der Waals surface area contributed by atoms with E-state index in [-0.39, 0.29) is 30.2 Å². The summed E-state index contributed by atoms with van der Waals surface area (Å²) < 4.78 is 18.2. The van der Waals surface area contributed by atoms with E-state index < -0.39 is 11.6 Å². The van der Waals surface area contributed by atoms with Gasteiger partial charge in [0.2, 0.25) is 0 Å². The standard InChI is InChI=1S/C18H22FNO4/c1-4-5-14(16-15(21)10-18(2,3)24-17(16)22)20-23-11-12-6-8-13(19)9-7-12/h6-9,21H,4-5,10-11H2,1-3H3/b20-14+. The van der Waals surface area contributed by atoms with Gasteiger partial charge >= 0.3 is 5.97 Å². The molecule has 0 unspecified atom stereocenters. The molecule has 2 rings (SSSR count). The topological polar surface area (TPSA) is 68.1 Å². The monoisotopic (exact) mass is 335 g/mol. The van der Waals surface area contributed by atoms with Gasteiger partial charge in [-0.15, -0.1) is 0 Å². The number of aliphatic hydroxyl groups excluding tert-OH is 1. The van der Waals surface area contributed by atoms with Gasteiger partial charge in [0.25, 0.3) is 0 Å². The molecule has 0 saturated carbocycles. The highest BCUT2D eigenvalue weighted by atomic mass is 19.1. The summed E-state index contributed by atoms with van der Waals surface area (Å²) in [5.41, 5.74) is 0.450. The van der Waals surface area contributed by atoms with Crippen molar-refractivity contribution in [1.82, 2.24) is 0 Å². The minimum absolute atomic E-state index is 0.0335. The lowest BCUT2D eigenvalue weighted by atomic mass is 9.94. The number of ether oxygens (including phenoxy) is 1. The van der Waals surface area contributed by atoms with Gasteiger partial charge in [-0.1, -0.05) is 30.6 Å². The Morgan fingerprint density at radius 2 is 2.04 bits per heavy atom. The largest absolute Gasteiger partial charge is 0.511 e. The maximum Gasteiger partial charge on any atom is 0.344 e. The number of oxime groups is 1. The number of aliphatic hydroxyl groups is 1. The van der Waals surface area contributed by atoms with E-state index in [4.69, 9.17) is 9.57 Å². The lowest BCUT2D eigenvalue weighted by Gasteiger charge is -2.30. The molecule has 0 bridgehead atoms. The molecular weight excluding hydrogens is 313 g/mol. The fourth-order valence-corrected chi connectivity index (χ4v) is 2.45.